The van der Waals surface area contributed by atoms with Gasteiger partial charge in [-0.25, -0.2) is 9.18 Å². The van der Waals surface area contributed by atoms with E-state index in [0.717, 1.165) is 17.0 Å². The minimum Gasteiger partial charge on any atom is -0.439 e. The fourth-order valence-electron chi connectivity index (χ4n) is 3.14. The maximum atomic E-state index is 13.2. The molecule has 0 saturated carbocycles. The molecule has 0 bridgehead atoms. The first-order valence-electron chi connectivity index (χ1n) is 8.48. The second-order valence-electron chi connectivity index (χ2n) is 6.75. The summed E-state index contributed by atoms with van der Waals surface area (Å²) in [4.78, 5) is 13.4. The van der Waals surface area contributed by atoms with Crippen molar-refractivity contribution in [1.82, 2.24) is 4.90 Å². The summed E-state index contributed by atoms with van der Waals surface area (Å²) in [7, 11) is 0. The third kappa shape index (κ3) is 4.48. The second-order valence-corrected chi connectivity index (χ2v) is 7.16. The molecule has 3 nitrogen and oxygen atoms in total. The number of cyclic esters (lactones) is 1. The maximum Gasteiger partial charge on any atom is 0.416 e. The molecular weight excluding hydrogens is 443 g/mol. The fraction of sp³-hybridized carbons (Fsp3) is 0.316. The lowest BCUT2D eigenvalue weighted by Crippen LogP contribution is -2.31. The van der Waals surface area contributed by atoms with E-state index in [-0.39, 0.29) is 17.6 Å². The molecule has 0 spiro atoms. The SMILES string of the molecule is C[C@H]1[C@@H](c2cc(C(F)(F)F)cc(C(F)(F)F)c2)OC(=O)N1Cc1ccc(F)cc1Cl. The van der Waals surface area contributed by atoms with Gasteiger partial charge in [0, 0.05) is 5.02 Å². The van der Waals surface area contributed by atoms with E-state index in [2.05, 4.69) is 0 Å². The van der Waals surface area contributed by atoms with Crippen LogP contribution >= 0.6 is 11.6 Å². The van der Waals surface area contributed by atoms with Gasteiger partial charge in [-0.15, -0.1) is 0 Å². The average Bonchev–Trinajstić information content (AvgIpc) is 2.90. The number of amides is 1. The van der Waals surface area contributed by atoms with Crippen molar-refractivity contribution in [3.8, 4) is 0 Å². The molecule has 0 aliphatic carbocycles. The molecule has 0 radical (unpaired) electrons. The summed E-state index contributed by atoms with van der Waals surface area (Å²) in [5.41, 5.74) is -3.11. The van der Waals surface area contributed by atoms with Crippen LogP contribution in [0.4, 0.5) is 35.5 Å². The largest absolute Gasteiger partial charge is 0.439 e. The highest BCUT2D eigenvalue weighted by atomic mass is 35.5. The quantitative estimate of drug-likeness (QED) is 0.488. The monoisotopic (exact) mass is 455 g/mol. The van der Waals surface area contributed by atoms with Crippen LogP contribution < -0.4 is 0 Å². The van der Waals surface area contributed by atoms with Crippen LogP contribution in [0.5, 0.6) is 0 Å². The Morgan fingerprint density at radius 2 is 1.57 bits per heavy atom. The number of nitrogens with zero attached hydrogens (tertiary/aromatic N) is 1. The zero-order valence-corrected chi connectivity index (χ0v) is 15.9. The Morgan fingerprint density at radius 1 is 1.00 bits per heavy atom. The summed E-state index contributed by atoms with van der Waals surface area (Å²) in [5, 5.41) is 0.0110. The molecule has 3 rings (SSSR count). The summed E-state index contributed by atoms with van der Waals surface area (Å²) < 4.78 is 96.9. The van der Waals surface area contributed by atoms with E-state index in [1.165, 1.54) is 13.0 Å². The molecule has 1 aliphatic rings. The van der Waals surface area contributed by atoms with Crippen molar-refractivity contribution >= 4 is 17.7 Å². The molecular formula is C19H13ClF7NO2. The lowest BCUT2D eigenvalue weighted by molar-refractivity contribution is -0.143. The Kier molecular flexibility index (Phi) is 5.66. The number of hydrogen-bond acceptors (Lipinski definition) is 2. The predicted octanol–water partition coefficient (Wildman–Crippen LogP) is 6.60. The van der Waals surface area contributed by atoms with Gasteiger partial charge in [0.1, 0.15) is 11.9 Å². The van der Waals surface area contributed by atoms with E-state index in [1.807, 2.05) is 0 Å². The standard InChI is InChI=1S/C19H13ClF7NO2/c1-9-16(11-4-12(18(22,23)24)6-13(5-11)19(25,26)27)30-17(29)28(9)8-10-2-3-14(21)7-15(10)20/h2-7,9,16H,8H2,1H3/t9-,16-/m0/s1. The van der Waals surface area contributed by atoms with Gasteiger partial charge in [-0.05, 0) is 48.4 Å². The highest BCUT2D eigenvalue weighted by Crippen LogP contribution is 2.41. The number of halogens is 8. The Labute approximate surface area is 171 Å². The van der Waals surface area contributed by atoms with Crippen molar-refractivity contribution in [1.29, 1.82) is 0 Å². The van der Waals surface area contributed by atoms with Crippen LogP contribution in [0.1, 0.15) is 35.3 Å². The van der Waals surface area contributed by atoms with Crippen molar-refractivity contribution in [3.05, 3.63) is 69.5 Å². The molecule has 11 heteroatoms. The number of hydrogen-bond donors (Lipinski definition) is 0. The molecule has 1 aliphatic heterocycles. The van der Waals surface area contributed by atoms with Crippen LogP contribution in [0.3, 0.4) is 0 Å². The van der Waals surface area contributed by atoms with E-state index in [0.29, 0.717) is 17.7 Å². The third-order valence-corrected chi connectivity index (χ3v) is 5.04. The van der Waals surface area contributed by atoms with E-state index in [9.17, 15) is 35.5 Å². The molecule has 1 heterocycles. The van der Waals surface area contributed by atoms with Crippen LogP contribution in [0.15, 0.2) is 36.4 Å². The van der Waals surface area contributed by atoms with Crippen molar-refractivity contribution in [2.24, 2.45) is 0 Å². The minimum absolute atomic E-state index is 0.000989. The maximum absolute atomic E-state index is 13.2. The molecule has 30 heavy (non-hydrogen) atoms. The Bertz CT molecular complexity index is 942. The summed E-state index contributed by atoms with van der Waals surface area (Å²) in [6.45, 7) is 1.25. The van der Waals surface area contributed by atoms with Crippen molar-refractivity contribution < 1.29 is 40.3 Å². The molecule has 2 atom stereocenters. The number of rotatable bonds is 3. The zero-order valence-electron chi connectivity index (χ0n) is 15.1. The lowest BCUT2D eigenvalue weighted by Gasteiger charge is -2.22. The molecule has 0 aromatic heterocycles. The molecule has 1 saturated heterocycles. The van der Waals surface area contributed by atoms with Gasteiger partial charge in [0.25, 0.3) is 0 Å². The predicted molar refractivity (Wildman–Crippen MR) is 92.1 cm³/mol. The van der Waals surface area contributed by atoms with Crippen molar-refractivity contribution in [2.75, 3.05) is 0 Å². The van der Waals surface area contributed by atoms with Gasteiger partial charge in [-0.3, -0.25) is 4.90 Å². The number of alkyl halides is 6. The summed E-state index contributed by atoms with van der Waals surface area (Å²) in [6.07, 6.45) is -12.4. The Hall–Kier alpha value is -2.49. The van der Waals surface area contributed by atoms with Gasteiger partial charge in [0.05, 0.1) is 23.7 Å². The van der Waals surface area contributed by atoms with Gasteiger partial charge in [-0.2, -0.15) is 26.3 Å². The first-order valence-corrected chi connectivity index (χ1v) is 8.85. The van der Waals surface area contributed by atoms with E-state index < -0.39 is 53.1 Å². The normalized spacial score (nSPS) is 19.9. The van der Waals surface area contributed by atoms with Crippen LogP contribution in [0.2, 0.25) is 5.02 Å². The zero-order chi connectivity index (χ0) is 22.4. The van der Waals surface area contributed by atoms with Crippen molar-refractivity contribution in [2.45, 2.75) is 38.0 Å². The number of ether oxygens (including phenoxy) is 1. The van der Waals surface area contributed by atoms with E-state index in [4.69, 9.17) is 16.3 Å². The smallest absolute Gasteiger partial charge is 0.416 e. The molecule has 1 fully saturated rings. The third-order valence-electron chi connectivity index (χ3n) is 4.69. The van der Waals surface area contributed by atoms with E-state index >= 15 is 0 Å². The van der Waals surface area contributed by atoms with Crippen LogP contribution in [0, 0.1) is 5.82 Å². The van der Waals surface area contributed by atoms with Gasteiger partial charge in [0.2, 0.25) is 0 Å². The molecule has 162 valence electrons. The Balaban J connectivity index is 1.95. The summed E-state index contributed by atoms with van der Waals surface area (Å²) in [6, 6.07) is 3.58. The summed E-state index contributed by atoms with van der Waals surface area (Å²) in [5.74, 6) is -0.609. The highest BCUT2D eigenvalue weighted by Gasteiger charge is 2.43. The number of carbonyl (C=O) groups is 1. The number of benzene rings is 2. The Morgan fingerprint density at radius 3 is 2.07 bits per heavy atom. The lowest BCUT2D eigenvalue weighted by atomic mass is 9.97. The fourth-order valence-corrected chi connectivity index (χ4v) is 3.36. The van der Waals surface area contributed by atoms with Gasteiger partial charge in [0.15, 0.2) is 0 Å². The topological polar surface area (TPSA) is 29.5 Å². The van der Waals surface area contributed by atoms with Crippen LogP contribution in [-0.2, 0) is 23.6 Å². The summed E-state index contributed by atoms with van der Waals surface area (Å²) >= 11 is 5.93. The first-order chi connectivity index (χ1) is 13.8. The average molecular weight is 456 g/mol. The van der Waals surface area contributed by atoms with E-state index in [1.54, 1.807) is 0 Å². The molecule has 0 unspecified atom stereocenters. The number of carbonyl (C=O) groups excluding carboxylic acids is 1. The second kappa shape index (κ2) is 7.64. The van der Waals surface area contributed by atoms with Gasteiger partial charge >= 0.3 is 18.4 Å². The molecule has 1 amide bonds. The van der Waals surface area contributed by atoms with Crippen molar-refractivity contribution in [3.63, 3.8) is 0 Å². The highest BCUT2D eigenvalue weighted by molar-refractivity contribution is 6.31. The first kappa shape index (κ1) is 22.2. The van der Waals surface area contributed by atoms with Gasteiger partial charge < -0.3 is 4.74 Å². The van der Waals surface area contributed by atoms with Crippen LogP contribution in [-0.4, -0.2) is 17.0 Å². The molecule has 2 aromatic rings. The minimum atomic E-state index is -5.02. The molecule has 2 aromatic carbocycles. The van der Waals surface area contributed by atoms with Gasteiger partial charge in [-0.1, -0.05) is 17.7 Å². The van der Waals surface area contributed by atoms with Crippen LogP contribution in [0.25, 0.3) is 0 Å². The molecule has 0 N–H and O–H groups in total.